The van der Waals surface area contributed by atoms with Gasteiger partial charge in [0.1, 0.15) is 5.82 Å². The lowest BCUT2D eigenvalue weighted by Gasteiger charge is -2.16. The molecule has 3 rings (SSSR count). The maximum atomic E-state index is 12.6. The summed E-state index contributed by atoms with van der Waals surface area (Å²) in [4.78, 5) is 18.6. The number of anilines is 1. The highest BCUT2D eigenvalue weighted by Crippen LogP contribution is 2.32. The van der Waals surface area contributed by atoms with E-state index < -0.39 is 0 Å². The molecular weight excluding hydrogens is 298 g/mol. The third-order valence-corrected chi connectivity index (χ3v) is 4.72. The first-order chi connectivity index (χ1) is 10.6. The second kappa shape index (κ2) is 5.81. The van der Waals surface area contributed by atoms with Gasteiger partial charge < -0.3 is 0 Å². The first kappa shape index (κ1) is 14.6. The summed E-state index contributed by atoms with van der Waals surface area (Å²) in [6.45, 7) is 2.58. The molecule has 1 atom stereocenters. The number of rotatable bonds is 3. The summed E-state index contributed by atoms with van der Waals surface area (Å²) in [6, 6.07) is 7.38. The third kappa shape index (κ3) is 2.70. The van der Waals surface area contributed by atoms with Crippen LogP contribution in [0.15, 0.2) is 29.4 Å². The molecule has 3 heterocycles. The van der Waals surface area contributed by atoms with Crippen LogP contribution >= 0.6 is 11.8 Å². The molecule has 1 aliphatic rings. The number of pyridine rings is 1. The van der Waals surface area contributed by atoms with Crippen LogP contribution in [0.2, 0.25) is 0 Å². The lowest BCUT2D eigenvalue weighted by atomic mass is 10.3. The SMILES string of the molecule is Cc1cc(N2CCC(Sc3cc(C#N)ccn3)C2=O)n(C)n1. The number of hydrogen-bond donors (Lipinski definition) is 0. The van der Waals surface area contributed by atoms with E-state index >= 15 is 0 Å². The standard InChI is InChI=1S/C15H15N5OS/c1-10-7-14(19(2)18-10)20-6-4-12(15(20)21)22-13-8-11(9-16)3-5-17-13/h3,5,7-8,12H,4,6H2,1-2H3. The van der Waals surface area contributed by atoms with Crippen LogP contribution in [-0.2, 0) is 11.8 Å². The Labute approximate surface area is 132 Å². The molecule has 0 saturated carbocycles. The summed E-state index contributed by atoms with van der Waals surface area (Å²) in [5.74, 6) is 0.890. The zero-order chi connectivity index (χ0) is 15.7. The first-order valence-electron chi connectivity index (χ1n) is 6.93. The molecule has 0 aliphatic carbocycles. The van der Waals surface area contributed by atoms with Crippen LogP contribution in [0.1, 0.15) is 17.7 Å². The van der Waals surface area contributed by atoms with E-state index in [9.17, 15) is 4.79 Å². The van der Waals surface area contributed by atoms with E-state index in [0.717, 1.165) is 17.9 Å². The van der Waals surface area contributed by atoms with Gasteiger partial charge in [0, 0.05) is 25.9 Å². The second-order valence-corrected chi connectivity index (χ2v) is 6.37. The maximum Gasteiger partial charge on any atom is 0.241 e. The van der Waals surface area contributed by atoms with E-state index in [1.165, 1.54) is 11.8 Å². The lowest BCUT2D eigenvalue weighted by molar-refractivity contribution is -0.116. The molecule has 2 aromatic rings. The van der Waals surface area contributed by atoms with Gasteiger partial charge in [-0.2, -0.15) is 10.4 Å². The average molecular weight is 313 g/mol. The molecule has 0 bridgehead atoms. The van der Waals surface area contributed by atoms with Gasteiger partial charge in [0.05, 0.1) is 27.6 Å². The Morgan fingerprint density at radius 1 is 1.45 bits per heavy atom. The summed E-state index contributed by atoms with van der Waals surface area (Å²) < 4.78 is 1.73. The van der Waals surface area contributed by atoms with Crippen molar-refractivity contribution in [2.75, 3.05) is 11.4 Å². The molecule has 2 aromatic heterocycles. The van der Waals surface area contributed by atoms with E-state index in [-0.39, 0.29) is 11.2 Å². The fourth-order valence-electron chi connectivity index (χ4n) is 2.53. The zero-order valence-electron chi connectivity index (χ0n) is 12.4. The number of thioether (sulfide) groups is 1. The Bertz CT molecular complexity index is 764. The van der Waals surface area contributed by atoms with Crippen molar-refractivity contribution in [1.82, 2.24) is 14.8 Å². The second-order valence-electron chi connectivity index (χ2n) is 5.15. The van der Waals surface area contributed by atoms with E-state index in [0.29, 0.717) is 17.1 Å². The maximum absolute atomic E-state index is 12.6. The minimum atomic E-state index is -0.170. The van der Waals surface area contributed by atoms with Gasteiger partial charge in [0.15, 0.2) is 0 Å². The minimum Gasteiger partial charge on any atom is -0.296 e. The molecule has 6 nitrogen and oxygen atoms in total. The highest BCUT2D eigenvalue weighted by molar-refractivity contribution is 8.00. The Morgan fingerprint density at radius 2 is 2.27 bits per heavy atom. The number of nitrogens with zero attached hydrogens (tertiary/aromatic N) is 5. The van der Waals surface area contributed by atoms with Crippen molar-refractivity contribution in [3.8, 4) is 6.07 Å². The Balaban J connectivity index is 1.76. The van der Waals surface area contributed by atoms with Gasteiger partial charge in [-0.25, -0.2) is 4.98 Å². The van der Waals surface area contributed by atoms with Gasteiger partial charge >= 0.3 is 0 Å². The number of aromatic nitrogens is 3. The van der Waals surface area contributed by atoms with Crippen molar-refractivity contribution in [2.45, 2.75) is 23.6 Å². The van der Waals surface area contributed by atoms with E-state index in [1.54, 1.807) is 27.9 Å². The normalized spacial score (nSPS) is 17.8. The van der Waals surface area contributed by atoms with E-state index in [1.807, 2.05) is 20.0 Å². The highest BCUT2D eigenvalue weighted by Gasteiger charge is 2.35. The molecule has 1 fully saturated rings. The molecule has 0 spiro atoms. The molecule has 1 amide bonds. The number of carbonyl (C=O) groups is 1. The summed E-state index contributed by atoms with van der Waals surface area (Å²) in [5, 5.41) is 13.8. The van der Waals surface area contributed by atoms with Gasteiger partial charge in [-0.3, -0.25) is 14.4 Å². The lowest BCUT2D eigenvalue weighted by Crippen LogP contribution is -2.29. The van der Waals surface area contributed by atoms with Crippen molar-refractivity contribution < 1.29 is 4.79 Å². The van der Waals surface area contributed by atoms with Gasteiger partial charge in [0.2, 0.25) is 5.91 Å². The number of aryl methyl sites for hydroxylation is 2. The summed E-state index contributed by atoms with van der Waals surface area (Å²) in [6.07, 6.45) is 2.36. The van der Waals surface area contributed by atoms with Gasteiger partial charge in [0.25, 0.3) is 0 Å². The molecule has 22 heavy (non-hydrogen) atoms. The van der Waals surface area contributed by atoms with Crippen LogP contribution in [-0.4, -0.2) is 32.5 Å². The van der Waals surface area contributed by atoms with Gasteiger partial charge in [-0.1, -0.05) is 11.8 Å². The first-order valence-corrected chi connectivity index (χ1v) is 7.81. The molecule has 7 heteroatoms. The average Bonchev–Trinajstić information content (AvgIpc) is 3.02. The topological polar surface area (TPSA) is 74.8 Å². The van der Waals surface area contributed by atoms with Crippen LogP contribution in [0, 0.1) is 18.3 Å². The van der Waals surface area contributed by atoms with Gasteiger partial charge in [-0.15, -0.1) is 0 Å². The van der Waals surface area contributed by atoms with Crippen LogP contribution < -0.4 is 4.90 Å². The van der Waals surface area contributed by atoms with Gasteiger partial charge in [-0.05, 0) is 25.5 Å². The van der Waals surface area contributed by atoms with Crippen LogP contribution in [0.4, 0.5) is 5.82 Å². The molecule has 1 unspecified atom stereocenters. The van der Waals surface area contributed by atoms with E-state index in [4.69, 9.17) is 5.26 Å². The molecule has 1 saturated heterocycles. The third-order valence-electron chi connectivity index (χ3n) is 3.54. The Hall–Kier alpha value is -2.33. The minimum absolute atomic E-state index is 0.0668. The van der Waals surface area contributed by atoms with Crippen LogP contribution in [0.3, 0.4) is 0 Å². The van der Waals surface area contributed by atoms with Crippen LogP contribution in [0.5, 0.6) is 0 Å². The highest BCUT2D eigenvalue weighted by atomic mass is 32.2. The number of nitriles is 1. The van der Waals surface area contributed by atoms with Crippen molar-refractivity contribution in [3.05, 3.63) is 35.7 Å². The number of carbonyl (C=O) groups excluding carboxylic acids is 1. The quantitative estimate of drug-likeness (QED) is 0.865. The molecule has 0 radical (unpaired) electrons. The molecule has 0 aromatic carbocycles. The van der Waals surface area contributed by atoms with Crippen molar-refractivity contribution in [1.29, 1.82) is 5.26 Å². The van der Waals surface area contributed by atoms with Crippen molar-refractivity contribution in [3.63, 3.8) is 0 Å². The molecular formula is C15H15N5OS. The Kier molecular flexibility index (Phi) is 3.86. The summed E-state index contributed by atoms with van der Waals surface area (Å²) >= 11 is 1.42. The summed E-state index contributed by atoms with van der Waals surface area (Å²) in [7, 11) is 1.84. The Morgan fingerprint density at radius 3 is 2.95 bits per heavy atom. The predicted octanol–water partition coefficient (Wildman–Crippen LogP) is 1.89. The smallest absolute Gasteiger partial charge is 0.241 e. The largest absolute Gasteiger partial charge is 0.296 e. The zero-order valence-corrected chi connectivity index (χ0v) is 13.2. The van der Waals surface area contributed by atoms with Crippen molar-refractivity contribution in [2.24, 2.45) is 7.05 Å². The van der Waals surface area contributed by atoms with Crippen molar-refractivity contribution >= 4 is 23.5 Å². The predicted molar refractivity (Wildman–Crippen MR) is 83.5 cm³/mol. The molecule has 1 aliphatic heterocycles. The van der Waals surface area contributed by atoms with Crippen LogP contribution in [0.25, 0.3) is 0 Å². The monoisotopic (exact) mass is 313 g/mol. The fraction of sp³-hybridized carbons (Fsp3) is 0.333. The molecule has 112 valence electrons. The van der Waals surface area contributed by atoms with E-state index in [2.05, 4.69) is 16.2 Å². The number of amides is 1. The fourth-order valence-corrected chi connectivity index (χ4v) is 3.59. The number of hydrogen-bond acceptors (Lipinski definition) is 5. The summed E-state index contributed by atoms with van der Waals surface area (Å²) in [5.41, 5.74) is 1.45. The molecule has 0 N–H and O–H groups in total.